The topological polar surface area (TPSA) is 89.5 Å². The Balaban J connectivity index is 2.29. The Hall–Kier alpha value is -1.69. The zero-order valence-corrected chi connectivity index (χ0v) is 8.98. The molecule has 0 aromatic carbocycles. The number of rotatable bonds is 7. The van der Waals surface area contributed by atoms with E-state index in [1.807, 2.05) is 0 Å². The molecule has 0 fully saturated rings. The standard InChI is InChI=1S/C10H15N3O3/c14-7-3-1-2-6-11-10-5-4-9(8-12-10)13(15)16/h4-5,8,14H,1-3,6-7H2,(H,11,12)/p+1. The molecule has 1 aromatic heterocycles. The van der Waals surface area contributed by atoms with Crippen molar-refractivity contribution < 1.29 is 15.0 Å². The summed E-state index contributed by atoms with van der Waals surface area (Å²) < 4.78 is 0. The maximum Gasteiger partial charge on any atom is 0.308 e. The molecule has 0 bridgehead atoms. The summed E-state index contributed by atoms with van der Waals surface area (Å²) >= 11 is 0. The summed E-state index contributed by atoms with van der Waals surface area (Å²) in [7, 11) is 0. The molecule has 6 heteroatoms. The molecule has 1 rings (SSSR count). The van der Waals surface area contributed by atoms with Crippen LogP contribution >= 0.6 is 0 Å². The van der Waals surface area contributed by atoms with Crippen LogP contribution in [0, 0.1) is 10.1 Å². The first kappa shape index (κ1) is 12.4. The van der Waals surface area contributed by atoms with Crippen molar-refractivity contribution in [1.29, 1.82) is 0 Å². The number of nitrogens with zero attached hydrogens (tertiary/aromatic N) is 1. The van der Waals surface area contributed by atoms with E-state index in [0.717, 1.165) is 31.6 Å². The zero-order chi connectivity index (χ0) is 11.8. The Morgan fingerprint density at radius 3 is 2.75 bits per heavy atom. The quantitative estimate of drug-likeness (QED) is 0.412. The number of aliphatic hydroxyl groups excluding tert-OH is 1. The number of nitrogens with one attached hydrogen (secondary N) is 2. The van der Waals surface area contributed by atoms with Crippen molar-refractivity contribution >= 4 is 11.5 Å². The van der Waals surface area contributed by atoms with Gasteiger partial charge in [0.05, 0.1) is 11.5 Å². The monoisotopic (exact) mass is 226 g/mol. The summed E-state index contributed by atoms with van der Waals surface area (Å²) in [6.45, 7) is 1.01. The molecular formula is C10H16N3O3+. The Morgan fingerprint density at radius 1 is 1.38 bits per heavy atom. The third-order valence-corrected chi connectivity index (χ3v) is 2.16. The van der Waals surface area contributed by atoms with Crippen LogP contribution in [0.3, 0.4) is 0 Å². The molecule has 0 saturated heterocycles. The van der Waals surface area contributed by atoms with E-state index in [0.29, 0.717) is 0 Å². The fourth-order valence-electron chi connectivity index (χ4n) is 1.28. The smallest absolute Gasteiger partial charge is 0.308 e. The van der Waals surface area contributed by atoms with Crippen LogP contribution in [-0.2, 0) is 0 Å². The van der Waals surface area contributed by atoms with Crippen LogP contribution in [0.25, 0.3) is 0 Å². The average Bonchev–Trinajstić information content (AvgIpc) is 2.29. The van der Waals surface area contributed by atoms with Gasteiger partial charge in [-0.15, -0.1) is 0 Å². The molecule has 3 N–H and O–H groups in total. The number of hydrogen-bond acceptors (Lipinski definition) is 4. The van der Waals surface area contributed by atoms with E-state index in [-0.39, 0.29) is 12.3 Å². The first-order valence-electron chi connectivity index (χ1n) is 5.25. The van der Waals surface area contributed by atoms with Crippen molar-refractivity contribution in [3.05, 3.63) is 28.4 Å². The Bertz CT molecular complexity index is 327. The van der Waals surface area contributed by atoms with E-state index in [4.69, 9.17) is 5.11 Å². The fraction of sp³-hybridized carbons (Fsp3) is 0.500. The summed E-state index contributed by atoms with van der Waals surface area (Å²) in [6, 6.07) is 3.09. The minimum absolute atomic E-state index is 0.0471. The molecule has 6 nitrogen and oxygen atoms in total. The average molecular weight is 226 g/mol. The predicted molar refractivity (Wildman–Crippen MR) is 59.1 cm³/mol. The van der Waals surface area contributed by atoms with Gasteiger partial charge in [-0.05, 0) is 19.3 Å². The van der Waals surface area contributed by atoms with Gasteiger partial charge >= 0.3 is 5.69 Å². The lowest BCUT2D eigenvalue weighted by atomic mass is 10.2. The molecule has 0 aliphatic carbocycles. The lowest BCUT2D eigenvalue weighted by Gasteiger charge is -1.98. The zero-order valence-electron chi connectivity index (χ0n) is 8.98. The second-order valence-corrected chi connectivity index (χ2v) is 3.43. The molecule has 0 radical (unpaired) electrons. The summed E-state index contributed by atoms with van der Waals surface area (Å²) in [5.74, 6) is 0.759. The molecule has 1 heterocycles. The number of H-pyrrole nitrogens is 1. The second-order valence-electron chi connectivity index (χ2n) is 3.43. The second kappa shape index (κ2) is 6.73. The minimum atomic E-state index is -0.443. The molecule has 0 atom stereocenters. The van der Waals surface area contributed by atoms with Gasteiger partial charge in [-0.1, -0.05) is 0 Å². The number of hydrogen-bond donors (Lipinski definition) is 2. The van der Waals surface area contributed by atoms with Gasteiger partial charge in [0.2, 0.25) is 0 Å². The summed E-state index contributed by atoms with van der Waals surface area (Å²) in [5.41, 5.74) is 0.0471. The van der Waals surface area contributed by atoms with Gasteiger partial charge < -0.3 is 5.11 Å². The Kier molecular flexibility index (Phi) is 5.21. The van der Waals surface area contributed by atoms with Crippen LogP contribution in [0.2, 0.25) is 0 Å². The lowest BCUT2D eigenvalue weighted by molar-refractivity contribution is -0.413. The molecule has 16 heavy (non-hydrogen) atoms. The number of aromatic nitrogens is 1. The van der Waals surface area contributed by atoms with Crippen LogP contribution in [0.15, 0.2) is 18.3 Å². The number of anilines is 1. The molecule has 88 valence electrons. The van der Waals surface area contributed by atoms with Gasteiger partial charge in [0, 0.05) is 18.7 Å². The van der Waals surface area contributed by atoms with Gasteiger partial charge in [0.25, 0.3) is 5.82 Å². The van der Waals surface area contributed by atoms with E-state index >= 15 is 0 Å². The van der Waals surface area contributed by atoms with E-state index in [9.17, 15) is 10.1 Å². The Morgan fingerprint density at radius 2 is 2.19 bits per heavy atom. The lowest BCUT2D eigenvalue weighted by Crippen LogP contribution is -2.14. The van der Waals surface area contributed by atoms with Crippen LogP contribution in [0.1, 0.15) is 19.3 Å². The molecule has 0 aliphatic heterocycles. The number of unbranched alkanes of at least 4 members (excludes halogenated alkanes) is 2. The predicted octanol–water partition coefficient (Wildman–Crippen LogP) is 0.983. The van der Waals surface area contributed by atoms with Crippen molar-refractivity contribution in [2.75, 3.05) is 18.5 Å². The number of aromatic amines is 1. The molecular weight excluding hydrogens is 210 g/mol. The van der Waals surface area contributed by atoms with E-state index in [1.54, 1.807) is 6.07 Å². The molecule has 0 spiro atoms. The third-order valence-electron chi connectivity index (χ3n) is 2.16. The summed E-state index contributed by atoms with van der Waals surface area (Å²) in [5, 5.41) is 22.1. The highest BCUT2D eigenvalue weighted by Crippen LogP contribution is 2.08. The summed E-state index contributed by atoms with van der Waals surface area (Å²) in [4.78, 5) is 12.8. The number of pyridine rings is 1. The van der Waals surface area contributed by atoms with Gasteiger partial charge in [-0.3, -0.25) is 15.4 Å². The van der Waals surface area contributed by atoms with Crippen molar-refractivity contribution in [3.63, 3.8) is 0 Å². The molecule has 0 amide bonds. The van der Waals surface area contributed by atoms with Crippen LogP contribution in [0.4, 0.5) is 11.5 Å². The maximum atomic E-state index is 10.4. The van der Waals surface area contributed by atoms with E-state index < -0.39 is 4.92 Å². The van der Waals surface area contributed by atoms with Gasteiger partial charge in [0.1, 0.15) is 0 Å². The fourth-order valence-corrected chi connectivity index (χ4v) is 1.28. The normalized spacial score (nSPS) is 10.1. The molecule has 0 aliphatic rings. The largest absolute Gasteiger partial charge is 0.396 e. The van der Waals surface area contributed by atoms with Crippen LogP contribution in [-0.4, -0.2) is 23.2 Å². The van der Waals surface area contributed by atoms with Gasteiger partial charge in [-0.2, -0.15) is 0 Å². The number of aliphatic hydroxyl groups is 1. The van der Waals surface area contributed by atoms with Crippen molar-refractivity contribution in [3.8, 4) is 0 Å². The molecule has 1 aromatic rings. The third kappa shape index (κ3) is 4.22. The molecule has 0 saturated carbocycles. The van der Waals surface area contributed by atoms with Crippen molar-refractivity contribution in [1.82, 2.24) is 0 Å². The van der Waals surface area contributed by atoms with Crippen molar-refractivity contribution in [2.45, 2.75) is 19.3 Å². The van der Waals surface area contributed by atoms with E-state index in [1.165, 1.54) is 12.3 Å². The maximum absolute atomic E-state index is 10.4. The highest BCUT2D eigenvalue weighted by molar-refractivity contribution is 5.33. The SMILES string of the molecule is O=[N+]([O-])c1ccc(NCCCCCO)[nH+]c1. The highest BCUT2D eigenvalue weighted by Gasteiger charge is 2.08. The van der Waals surface area contributed by atoms with Gasteiger partial charge in [-0.25, -0.2) is 4.98 Å². The minimum Gasteiger partial charge on any atom is -0.396 e. The van der Waals surface area contributed by atoms with Crippen LogP contribution in [0.5, 0.6) is 0 Å². The Labute approximate surface area is 93.5 Å². The highest BCUT2D eigenvalue weighted by atomic mass is 16.6. The van der Waals surface area contributed by atoms with E-state index in [2.05, 4.69) is 10.3 Å². The van der Waals surface area contributed by atoms with Gasteiger partial charge in [0.15, 0.2) is 6.20 Å². The van der Waals surface area contributed by atoms with Crippen LogP contribution < -0.4 is 10.3 Å². The molecule has 0 unspecified atom stereocenters. The summed E-state index contributed by atoms with van der Waals surface area (Å²) in [6.07, 6.45) is 4.10. The first-order valence-corrected chi connectivity index (χ1v) is 5.25. The van der Waals surface area contributed by atoms with Crippen molar-refractivity contribution in [2.24, 2.45) is 0 Å². The number of nitro groups is 1. The first-order chi connectivity index (χ1) is 7.74.